The van der Waals surface area contributed by atoms with Crippen LogP contribution in [0.25, 0.3) is 0 Å². The Bertz CT molecular complexity index is 1900. The largest absolute Gasteiger partial charge is 0.456 e. The minimum absolute atomic E-state index is 0.0577. The Labute approximate surface area is 385 Å². The smallest absolute Gasteiger partial charge is 0.338 e. The molecule has 4 aliphatic rings. The summed E-state index contributed by atoms with van der Waals surface area (Å²) in [7, 11) is 4.50. The van der Waals surface area contributed by atoms with Gasteiger partial charge in [0.05, 0.1) is 30.0 Å². The van der Waals surface area contributed by atoms with E-state index in [1.807, 2.05) is 25.1 Å². The lowest BCUT2D eigenvalue weighted by Crippen LogP contribution is -2.63. The van der Waals surface area contributed by atoms with Crippen molar-refractivity contribution in [3.8, 4) is 0 Å². The molecule has 14 heteroatoms. The summed E-state index contributed by atoms with van der Waals surface area (Å²) in [6, 6.07) is 7.53. The highest BCUT2D eigenvalue weighted by atomic mass is 16.7. The molecule has 3 heterocycles. The van der Waals surface area contributed by atoms with Crippen molar-refractivity contribution in [3.05, 3.63) is 71.8 Å². The average molecular weight is 908 g/mol. The summed E-state index contributed by atoms with van der Waals surface area (Å²) in [6.07, 6.45) is 5.44. The minimum Gasteiger partial charge on any atom is -0.456 e. The van der Waals surface area contributed by atoms with Crippen LogP contribution in [0.4, 0.5) is 0 Å². The number of amides is 1. The number of allylic oxidation sites excluding steroid dienone is 4. The molecule has 360 valence electrons. The van der Waals surface area contributed by atoms with Crippen LogP contribution in [-0.2, 0) is 47.6 Å². The lowest BCUT2D eigenvalue weighted by molar-refractivity contribution is -0.287. The zero-order valence-electron chi connectivity index (χ0n) is 39.7. The molecule has 1 aliphatic carbocycles. The van der Waals surface area contributed by atoms with Crippen LogP contribution in [0.15, 0.2) is 66.3 Å². The van der Waals surface area contributed by atoms with E-state index in [1.54, 1.807) is 65.3 Å². The van der Waals surface area contributed by atoms with Crippen LogP contribution in [0.5, 0.6) is 0 Å². The highest BCUT2D eigenvalue weighted by Crippen LogP contribution is 2.39. The van der Waals surface area contributed by atoms with Gasteiger partial charge in [0.2, 0.25) is 5.79 Å². The molecule has 13 unspecified atom stereocenters. The Hall–Kier alpha value is -4.05. The van der Waals surface area contributed by atoms with Gasteiger partial charge in [0, 0.05) is 46.1 Å². The van der Waals surface area contributed by atoms with Crippen molar-refractivity contribution < 1.29 is 62.6 Å². The number of esters is 2. The van der Waals surface area contributed by atoms with E-state index in [0.29, 0.717) is 68.9 Å². The van der Waals surface area contributed by atoms with E-state index in [0.717, 1.165) is 5.57 Å². The molecule has 14 nitrogen and oxygen atoms in total. The molecule has 0 radical (unpaired) electrons. The van der Waals surface area contributed by atoms with Crippen LogP contribution in [0, 0.1) is 23.7 Å². The standard InChI is InChI=1S/C51H73NO13/c1-10-16-37-26-32(3)25-31(2)20-22-41-42(60-7)28-34(5)51(59,65-41)45(55)47(56)52-24-15-14-19-38(52)49(58)64-46(50(6,62-9)44(54)30-39(37)53)33(4)27-35-21-23-40(43(29-35)61-8)63-48(57)36-17-12-11-13-18-36/h10-13,17-18,26-27,31,34-35,37-38,40-44,46,54,59H,1,14-16,19-25,28-30H2,2-9H3/b32-26-,33-27+. The van der Waals surface area contributed by atoms with Gasteiger partial charge in [-0.2, -0.15) is 0 Å². The summed E-state index contributed by atoms with van der Waals surface area (Å²) in [4.78, 5) is 71.6. The van der Waals surface area contributed by atoms with E-state index in [2.05, 4.69) is 13.5 Å². The fourth-order valence-corrected chi connectivity index (χ4v) is 10.3. The maximum absolute atomic E-state index is 14.6. The average Bonchev–Trinajstić information content (AvgIpc) is 3.30. The number of ketones is 2. The molecule has 2 saturated heterocycles. The number of ether oxygens (including phenoxy) is 6. The van der Waals surface area contributed by atoms with E-state index in [1.165, 1.54) is 12.0 Å². The summed E-state index contributed by atoms with van der Waals surface area (Å²) in [5.74, 6) is -7.62. The Morgan fingerprint density at radius 3 is 2.31 bits per heavy atom. The Morgan fingerprint density at radius 2 is 1.65 bits per heavy atom. The Kier molecular flexibility index (Phi) is 18.5. The number of rotatable bonds is 9. The van der Waals surface area contributed by atoms with Crippen LogP contribution >= 0.6 is 0 Å². The summed E-state index contributed by atoms with van der Waals surface area (Å²) in [5.41, 5.74) is 0.229. The molecular formula is C51H73NO13. The van der Waals surface area contributed by atoms with Crippen LogP contribution in [0.2, 0.25) is 0 Å². The van der Waals surface area contributed by atoms with Crippen LogP contribution in [0.3, 0.4) is 0 Å². The zero-order chi connectivity index (χ0) is 47.6. The number of carbonyl (C=O) groups excluding carboxylic acids is 5. The van der Waals surface area contributed by atoms with Gasteiger partial charge in [0.25, 0.3) is 11.7 Å². The Balaban J connectivity index is 1.52. The number of cyclic esters (lactones) is 1. The van der Waals surface area contributed by atoms with Gasteiger partial charge in [-0.25, -0.2) is 9.59 Å². The molecule has 65 heavy (non-hydrogen) atoms. The summed E-state index contributed by atoms with van der Waals surface area (Å²) >= 11 is 0. The molecule has 13 atom stereocenters. The first-order valence-electron chi connectivity index (χ1n) is 23.4. The van der Waals surface area contributed by atoms with Gasteiger partial charge in [-0.3, -0.25) is 14.4 Å². The second-order valence-corrected chi connectivity index (χ2v) is 19.1. The van der Waals surface area contributed by atoms with Gasteiger partial charge in [-0.05, 0) is 121 Å². The van der Waals surface area contributed by atoms with Crippen LogP contribution in [0.1, 0.15) is 122 Å². The first kappa shape index (κ1) is 51.9. The summed E-state index contributed by atoms with van der Waals surface area (Å²) in [6.45, 7) is 13.0. The molecular weight excluding hydrogens is 835 g/mol. The van der Waals surface area contributed by atoms with E-state index >= 15 is 0 Å². The number of carbonyl (C=O) groups is 5. The molecule has 2 bridgehead atoms. The van der Waals surface area contributed by atoms with Crippen molar-refractivity contribution >= 4 is 29.4 Å². The number of methoxy groups -OCH3 is 3. The second kappa shape index (κ2) is 23.1. The van der Waals surface area contributed by atoms with Gasteiger partial charge in [0.1, 0.15) is 23.5 Å². The number of nitrogens with zero attached hydrogens (tertiary/aromatic N) is 1. The van der Waals surface area contributed by atoms with Crippen molar-refractivity contribution in [1.82, 2.24) is 4.90 Å². The first-order chi connectivity index (χ1) is 30.9. The van der Waals surface area contributed by atoms with Gasteiger partial charge in [0.15, 0.2) is 6.10 Å². The molecule has 1 amide bonds. The van der Waals surface area contributed by atoms with Crippen molar-refractivity contribution in [3.63, 3.8) is 0 Å². The van der Waals surface area contributed by atoms with Crippen molar-refractivity contribution in [2.45, 2.75) is 166 Å². The number of aliphatic hydroxyl groups is 2. The number of piperidine rings is 1. The maximum atomic E-state index is 14.6. The summed E-state index contributed by atoms with van der Waals surface area (Å²) in [5, 5.41) is 24.1. The number of benzene rings is 1. The van der Waals surface area contributed by atoms with Gasteiger partial charge in [-0.15, -0.1) is 6.58 Å². The number of Topliss-reactive ketones (excluding diaryl/α,β-unsaturated/α-hetero) is 2. The third kappa shape index (κ3) is 12.3. The lowest BCUT2D eigenvalue weighted by Gasteiger charge is -2.45. The van der Waals surface area contributed by atoms with Crippen molar-refractivity contribution in [1.29, 1.82) is 0 Å². The SMILES string of the molecule is C=CCC1/C=C(/C)CC(C)CCC2OC(O)(C(=O)C(=O)N3CCCCC3C(=O)OC(/C(C)=C/C3CCC(OC(=O)c4ccccc4)C(OC)C3)C(C)(OC)C(O)CC1=O)C(C)CC2OC. The van der Waals surface area contributed by atoms with Crippen molar-refractivity contribution in [2.75, 3.05) is 27.9 Å². The number of fused-ring (bicyclic) bond motifs is 3. The number of hydrogen-bond acceptors (Lipinski definition) is 13. The predicted molar refractivity (Wildman–Crippen MR) is 242 cm³/mol. The molecule has 1 aromatic carbocycles. The molecule has 2 N–H and O–H groups in total. The van der Waals surface area contributed by atoms with Crippen LogP contribution in [-0.4, -0.2) is 126 Å². The molecule has 0 aromatic heterocycles. The third-order valence-electron chi connectivity index (χ3n) is 14.3. The molecule has 3 aliphatic heterocycles. The van der Waals surface area contributed by atoms with E-state index in [4.69, 9.17) is 28.4 Å². The normalized spacial score (nSPS) is 37.2. The number of hydrogen-bond donors (Lipinski definition) is 2. The molecule has 1 saturated carbocycles. The quantitative estimate of drug-likeness (QED) is 0.153. The minimum atomic E-state index is -2.46. The molecule has 1 aromatic rings. The fraction of sp³-hybridized carbons (Fsp3) is 0.667. The zero-order valence-corrected chi connectivity index (χ0v) is 39.7. The van der Waals surface area contributed by atoms with Gasteiger partial charge < -0.3 is 43.5 Å². The van der Waals surface area contributed by atoms with E-state index < -0.39 is 89.5 Å². The monoisotopic (exact) mass is 908 g/mol. The fourth-order valence-electron chi connectivity index (χ4n) is 10.3. The topological polar surface area (TPSA) is 184 Å². The van der Waals surface area contributed by atoms with E-state index in [-0.39, 0.29) is 43.4 Å². The highest BCUT2D eigenvalue weighted by Gasteiger charge is 2.55. The van der Waals surface area contributed by atoms with Gasteiger partial charge >= 0.3 is 11.9 Å². The summed E-state index contributed by atoms with van der Waals surface area (Å²) < 4.78 is 36.2. The lowest BCUT2D eigenvalue weighted by atomic mass is 9.79. The number of aliphatic hydroxyl groups excluding tert-OH is 1. The second-order valence-electron chi connectivity index (χ2n) is 19.1. The first-order valence-corrected chi connectivity index (χ1v) is 23.4. The maximum Gasteiger partial charge on any atom is 0.338 e. The molecule has 5 rings (SSSR count). The van der Waals surface area contributed by atoms with Gasteiger partial charge in [-0.1, -0.05) is 55.8 Å². The van der Waals surface area contributed by atoms with E-state index in [9.17, 15) is 34.2 Å². The predicted octanol–water partition coefficient (Wildman–Crippen LogP) is 6.65. The molecule has 3 fully saturated rings. The van der Waals surface area contributed by atoms with Crippen molar-refractivity contribution in [2.24, 2.45) is 23.7 Å². The third-order valence-corrected chi connectivity index (χ3v) is 14.3. The highest BCUT2D eigenvalue weighted by molar-refractivity contribution is 6.39. The van der Waals surface area contributed by atoms with Crippen LogP contribution < -0.4 is 0 Å². The Morgan fingerprint density at radius 1 is 0.938 bits per heavy atom. The molecule has 0 spiro atoms.